The molecule has 0 unspecified atom stereocenters. The molecule has 0 aromatic heterocycles. The molecule has 2 rings (SSSR count). The molecule has 69 heavy (non-hydrogen) atoms. The first-order chi connectivity index (χ1) is 33.2. The minimum absolute atomic E-state index is 0. The largest absolute Gasteiger partial charge is 2.00 e. The van der Waals surface area contributed by atoms with Crippen molar-refractivity contribution in [3.63, 3.8) is 0 Å². The summed E-state index contributed by atoms with van der Waals surface area (Å²) in [6, 6.07) is 11.9. The Hall–Kier alpha value is -3.40. The summed E-state index contributed by atoms with van der Waals surface area (Å²) in [7, 11) is 0. The van der Waals surface area contributed by atoms with Crippen molar-refractivity contribution in [2.75, 3.05) is 13.2 Å². The molecule has 0 aliphatic heterocycles. The van der Waals surface area contributed by atoms with Crippen molar-refractivity contribution in [2.24, 2.45) is 0 Å². The van der Waals surface area contributed by atoms with E-state index in [0.29, 0.717) is 13.2 Å². The monoisotopic (exact) mass is 1060 g/mol. The topological polar surface area (TPSA) is 133 Å². The fourth-order valence-electron chi connectivity index (χ4n) is 7.03. The zero-order valence-corrected chi connectivity index (χ0v) is 47.0. The summed E-state index contributed by atoms with van der Waals surface area (Å²) >= 11 is 0. The number of esters is 2. The van der Waals surface area contributed by atoms with Gasteiger partial charge in [0.2, 0.25) is 0 Å². The summed E-state index contributed by atoms with van der Waals surface area (Å²) in [5.41, 5.74) is -0.134. The minimum Gasteiger partial charge on any atom is -0.545 e. The van der Waals surface area contributed by atoms with E-state index in [1.165, 1.54) is 178 Å². The first-order valence-corrected chi connectivity index (χ1v) is 27.0. The van der Waals surface area contributed by atoms with Crippen molar-refractivity contribution < 1.29 is 38.9 Å². The number of carbonyl (C=O) groups is 4. The number of hydrogen-bond donors (Lipinski definition) is 0. The van der Waals surface area contributed by atoms with E-state index in [2.05, 4.69) is 65.8 Å². The first kappa shape index (κ1) is 69.9. The van der Waals surface area contributed by atoms with Crippen LogP contribution in [0.25, 0.3) is 0 Å². The maximum absolute atomic E-state index is 12.0. The predicted octanol–water partition coefficient (Wildman–Crippen LogP) is 15.3. The number of rotatable bonds is 38. The quantitative estimate of drug-likeness (QED) is 0.0281. The normalized spacial score (nSPS) is 10.5. The third kappa shape index (κ3) is 45.5. The van der Waals surface area contributed by atoms with E-state index in [0.717, 1.165) is 51.4 Å². The van der Waals surface area contributed by atoms with Gasteiger partial charge in [-0.05, 0) is 63.5 Å². The predicted molar refractivity (Wildman–Crippen MR) is 287 cm³/mol. The van der Waals surface area contributed by atoms with E-state index in [1.807, 2.05) is 0 Å². The SMILES string of the molecule is CCC/C=C/CCCCCCCCCOC(=O)c1ccccc1C(=O)[O-].CCC/C=C/CCCCCCCCCOC(=O)c1ccccc1C(=O)[O-].[CH2]CCCCCCC.[CH2]CCCCCCC.[Sn+2]. The Morgan fingerprint density at radius 3 is 0.971 bits per heavy atom. The molecule has 9 heteroatoms. The molecule has 0 fully saturated rings. The minimum atomic E-state index is -1.36. The molecule has 388 valence electrons. The number of allylic oxidation sites excluding steroid dienone is 4. The van der Waals surface area contributed by atoms with E-state index in [1.54, 1.807) is 24.3 Å². The molecule has 0 amide bonds. The number of carbonyl (C=O) groups excluding carboxylic acids is 4. The first-order valence-electron chi connectivity index (χ1n) is 27.0. The van der Waals surface area contributed by atoms with Gasteiger partial charge in [0.05, 0.1) is 36.3 Å². The van der Waals surface area contributed by atoms with Crippen LogP contribution >= 0.6 is 0 Å². The van der Waals surface area contributed by atoms with Crippen molar-refractivity contribution in [3.05, 3.63) is 109 Å². The third-order valence-electron chi connectivity index (χ3n) is 11.2. The summed E-state index contributed by atoms with van der Waals surface area (Å²) < 4.78 is 10.3. The van der Waals surface area contributed by atoms with Crippen LogP contribution in [0.2, 0.25) is 0 Å². The number of benzene rings is 2. The van der Waals surface area contributed by atoms with Gasteiger partial charge in [0.1, 0.15) is 0 Å². The molecule has 0 atom stereocenters. The van der Waals surface area contributed by atoms with Crippen LogP contribution in [0.3, 0.4) is 0 Å². The van der Waals surface area contributed by atoms with Crippen LogP contribution in [-0.4, -0.2) is 61.0 Å². The van der Waals surface area contributed by atoms with E-state index >= 15 is 0 Å². The van der Waals surface area contributed by atoms with Crippen molar-refractivity contribution in [3.8, 4) is 0 Å². The molecular formula is C60H96O8Sn. The molecule has 0 heterocycles. The molecule has 0 N–H and O–H groups in total. The van der Waals surface area contributed by atoms with Crippen molar-refractivity contribution in [2.45, 2.75) is 233 Å². The Kier molecular flexibility index (Phi) is 56.2. The molecule has 0 spiro atoms. The molecule has 0 bridgehead atoms. The summed E-state index contributed by atoms with van der Waals surface area (Å²) in [4.78, 5) is 45.9. The third-order valence-corrected chi connectivity index (χ3v) is 11.2. The zero-order valence-electron chi connectivity index (χ0n) is 44.2. The molecule has 0 aliphatic rings. The molecule has 0 saturated carbocycles. The Morgan fingerprint density at radius 1 is 0.391 bits per heavy atom. The van der Waals surface area contributed by atoms with Crippen LogP contribution in [0.1, 0.15) is 275 Å². The smallest absolute Gasteiger partial charge is 0.545 e. The van der Waals surface area contributed by atoms with Gasteiger partial charge in [-0.2, -0.15) is 0 Å². The number of hydrogen-bond acceptors (Lipinski definition) is 8. The van der Waals surface area contributed by atoms with Gasteiger partial charge in [-0.1, -0.05) is 256 Å². The van der Waals surface area contributed by atoms with E-state index in [4.69, 9.17) is 9.47 Å². The number of unbranched alkanes of at least 4 members (excludes halogenated alkanes) is 26. The standard InChI is InChI=1S/2C22H32O4.2C8H17.Sn/c2*1-2-3-4-5-6-7-8-9-10-11-12-15-18-26-22(25)20-17-14-13-16-19(20)21(23)24;2*1-3-5-7-8-6-4-2;/h2*4-5,13-14,16-17H,2-3,6-12,15,18H2,1H3,(H,23,24);2*1,3-8H2,2H3;/q;;;;+2/p-2/b2*5-4+;;;. The Morgan fingerprint density at radius 2 is 0.667 bits per heavy atom. The molecule has 2 aromatic carbocycles. The van der Waals surface area contributed by atoms with Gasteiger partial charge < -0.3 is 29.3 Å². The summed E-state index contributed by atoms with van der Waals surface area (Å²) in [6.45, 7) is 17.1. The molecule has 2 aromatic rings. The van der Waals surface area contributed by atoms with E-state index in [-0.39, 0.29) is 46.2 Å². The number of aromatic carboxylic acids is 2. The van der Waals surface area contributed by atoms with Crippen LogP contribution in [0, 0.1) is 13.8 Å². The Labute approximate surface area is 439 Å². The second-order valence-corrected chi connectivity index (χ2v) is 17.5. The van der Waals surface area contributed by atoms with Crippen LogP contribution in [-0.2, 0) is 9.47 Å². The van der Waals surface area contributed by atoms with Gasteiger partial charge in [-0.3, -0.25) is 0 Å². The van der Waals surface area contributed by atoms with Gasteiger partial charge in [-0.15, -0.1) is 0 Å². The molecule has 0 aliphatic carbocycles. The molecule has 8 nitrogen and oxygen atoms in total. The number of carboxylic acids is 2. The molecule has 0 saturated heterocycles. The maximum atomic E-state index is 12.0. The fourth-order valence-corrected chi connectivity index (χ4v) is 7.03. The van der Waals surface area contributed by atoms with Gasteiger partial charge in [0.15, 0.2) is 0 Å². The molecular weight excluding hydrogens is 967 g/mol. The zero-order chi connectivity index (χ0) is 50.6. The van der Waals surface area contributed by atoms with Gasteiger partial charge in [0, 0.05) is 11.1 Å². The fraction of sp³-hybridized carbons (Fsp3) is 0.633. The average molecular weight is 1060 g/mol. The second-order valence-electron chi connectivity index (χ2n) is 17.5. The van der Waals surface area contributed by atoms with Gasteiger partial charge in [0.25, 0.3) is 0 Å². The van der Waals surface area contributed by atoms with Crippen LogP contribution in [0.4, 0.5) is 0 Å². The summed E-state index contributed by atoms with van der Waals surface area (Å²) in [5.74, 6) is -3.92. The maximum Gasteiger partial charge on any atom is 2.00 e. The second kappa shape index (κ2) is 55.5. The molecule has 4 radical (unpaired) electrons. The van der Waals surface area contributed by atoms with Crippen molar-refractivity contribution in [1.82, 2.24) is 0 Å². The Balaban J connectivity index is -0.000000950. The van der Waals surface area contributed by atoms with Gasteiger partial charge in [-0.25, -0.2) is 9.59 Å². The van der Waals surface area contributed by atoms with Gasteiger partial charge >= 0.3 is 35.8 Å². The number of carboxylic acid groups (broad SMARTS) is 2. The van der Waals surface area contributed by atoms with Crippen LogP contribution in [0.5, 0.6) is 0 Å². The van der Waals surface area contributed by atoms with E-state index < -0.39 is 23.9 Å². The summed E-state index contributed by atoms with van der Waals surface area (Å²) in [5, 5.41) is 22.0. The van der Waals surface area contributed by atoms with Crippen LogP contribution < -0.4 is 10.2 Å². The average Bonchev–Trinajstić information content (AvgIpc) is 3.35. The summed E-state index contributed by atoms with van der Waals surface area (Å²) in [6.07, 6.45) is 48.1. The van der Waals surface area contributed by atoms with E-state index in [9.17, 15) is 29.4 Å². The van der Waals surface area contributed by atoms with Crippen LogP contribution in [0.15, 0.2) is 72.8 Å². The Bertz CT molecular complexity index is 1410. The van der Waals surface area contributed by atoms with Crippen molar-refractivity contribution in [1.29, 1.82) is 0 Å². The van der Waals surface area contributed by atoms with Crippen molar-refractivity contribution >= 4 is 47.8 Å². The number of ether oxygens (including phenoxy) is 2.